The summed E-state index contributed by atoms with van der Waals surface area (Å²) >= 11 is 8.57. The average Bonchev–Trinajstić information content (AvgIpc) is 3.04. The molecule has 140 valence electrons. The highest BCUT2D eigenvalue weighted by Crippen LogP contribution is 2.36. The number of nitrogens with zero attached hydrogens (tertiary/aromatic N) is 2. The number of benzene rings is 2. The molecule has 0 saturated heterocycles. The third-order valence-electron chi connectivity index (χ3n) is 3.53. The number of nitrogens with one attached hydrogen (secondary N) is 1. The fraction of sp³-hybridized carbons (Fsp3) is 0.176. The zero-order valence-electron chi connectivity index (χ0n) is 14.1. The fourth-order valence-electron chi connectivity index (χ4n) is 2.27. The predicted molar refractivity (Wildman–Crippen MR) is 108 cm³/mol. The molecule has 0 saturated carbocycles. The van der Waals surface area contributed by atoms with Crippen molar-refractivity contribution in [1.29, 1.82) is 0 Å². The maximum Gasteiger partial charge on any atom is 0.274 e. The molecule has 2 aromatic carbocycles. The van der Waals surface area contributed by atoms with E-state index >= 15 is 0 Å². The first-order valence-corrected chi connectivity index (χ1v) is 9.95. The second-order valence-corrected chi connectivity index (χ2v) is 8.01. The molecule has 27 heavy (non-hydrogen) atoms. The number of rotatable bonds is 7. The number of hydrogen-bond acceptors (Lipinski definition) is 7. The number of hydrogen-bond donors (Lipinski definition) is 1. The second-order valence-electron chi connectivity index (χ2n) is 5.37. The van der Waals surface area contributed by atoms with E-state index in [4.69, 9.17) is 16.3 Å². The van der Waals surface area contributed by atoms with Gasteiger partial charge in [0.2, 0.25) is 5.91 Å². The Morgan fingerprint density at radius 2 is 2.11 bits per heavy atom. The van der Waals surface area contributed by atoms with Crippen LogP contribution in [0, 0.1) is 10.1 Å². The number of methoxy groups -OCH3 is 1. The summed E-state index contributed by atoms with van der Waals surface area (Å²) in [6.07, 6.45) is 0.306. The Bertz CT molecular complexity index is 992. The quantitative estimate of drug-likeness (QED) is 0.327. The summed E-state index contributed by atoms with van der Waals surface area (Å²) in [6, 6.07) is 10.1. The van der Waals surface area contributed by atoms with E-state index in [1.54, 1.807) is 23.9 Å². The molecule has 0 aliphatic heterocycles. The number of nitro benzene ring substituents is 1. The molecule has 0 bridgehead atoms. The molecule has 3 rings (SSSR count). The number of nitro groups is 1. The molecule has 0 radical (unpaired) electrons. The summed E-state index contributed by atoms with van der Waals surface area (Å²) in [5.74, 6) is 0.728. The minimum Gasteiger partial charge on any atom is -0.494 e. The van der Waals surface area contributed by atoms with Crippen LogP contribution in [0.4, 0.5) is 10.8 Å². The standard InChI is InChI=1S/C17H14ClN3O4S2/c1-25-13-8-11(21(23)24)9-14-16(13)20-17(27-14)19-15(22)6-7-26-12-4-2-10(18)3-5-12/h2-5,8-9H,6-7H2,1H3,(H,19,20,22). The van der Waals surface area contributed by atoms with E-state index in [2.05, 4.69) is 10.3 Å². The molecule has 3 aromatic rings. The number of carbonyl (C=O) groups excluding carboxylic acids is 1. The van der Waals surface area contributed by atoms with Crippen molar-refractivity contribution in [3.05, 3.63) is 51.5 Å². The maximum atomic E-state index is 12.1. The zero-order valence-corrected chi connectivity index (χ0v) is 16.5. The lowest BCUT2D eigenvalue weighted by molar-refractivity contribution is -0.384. The number of thioether (sulfide) groups is 1. The van der Waals surface area contributed by atoms with Gasteiger partial charge in [-0.25, -0.2) is 4.98 Å². The first-order chi connectivity index (χ1) is 13.0. The van der Waals surface area contributed by atoms with Gasteiger partial charge in [-0.15, -0.1) is 11.8 Å². The topological polar surface area (TPSA) is 94.4 Å². The average molecular weight is 424 g/mol. The molecular formula is C17H14ClN3O4S2. The van der Waals surface area contributed by atoms with E-state index in [9.17, 15) is 14.9 Å². The van der Waals surface area contributed by atoms with Crippen molar-refractivity contribution in [3.8, 4) is 5.75 Å². The number of amides is 1. The normalized spacial score (nSPS) is 10.7. The molecule has 0 atom stereocenters. The van der Waals surface area contributed by atoms with Crippen LogP contribution in [-0.2, 0) is 4.79 Å². The highest BCUT2D eigenvalue weighted by molar-refractivity contribution is 7.99. The van der Waals surface area contributed by atoms with E-state index in [-0.39, 0.29) is 11.6 Å². The number of fused-ring (bicyclic) bond motifs is 1. The van der Waals surface area contributed by atoms with Crippen LogP contribution in [0.2, 0.25) is 5.02 Å². The van der Waals surface area contributed by atoms with E-state index < -0.39 is 4.92 Å². The number of ether oxygens (including phenoxy) is 1. The summed E-state index contributed by atoms with van der Waals surface area (Å²) in [7, 11) is 1.42. The molecule has 0 unspecified atom stereocenters. The summed E-state index contributed by atoms with van der Waals surface area (Å²) in [5, 5.41) is 14.8. The second kappa shape index (κ2) is 8.55. The zero-order chi connectivity index (χ0) is 19.4. The monoisotopic (exact) mass is 423 g/mol. The lowest BCUT2D eigenvalue weighted by atomic mass is 10.3. The van der Waals surface area contributed by atoms with Crippen LogP contribution in [0.15, 0.2) is 41.3 Å². The maximum absolute atomic E-state index is 12.1. The van der Waals surface area contributed by atoms with Crippen molar-refractivity contribution in [2.45, 2.75) is 11.3 Å². The van der Waals surface area contributed by atoms with Gasteiger partial charge in [0.15, 0.2) is 10.9 Å². The Morgan fingerprint density at radius 1 is 1.37 bits per heavy atom. The largest absolute Gasteiger partial charge is 0.494 e. The Morgan fingerprint density at radius 3 is 2.78 bits per heavy atom. The molecule has 0 aliphatic carbocycles. The van der Waals surface area contributed by atoms with E-state index in [1.807, 2.05) is 12.1 Å². The molecule has 1 heterocycles. The van der Waals surface area contributed by atoms with Crippen LogP contribution in [0.25, 0.3) is 10.2 Å². The number of thiazole rings is 1. The van der Waals surface area contributed by atoms with Crippen LogP contribution in [0.5, 0.6) is 5.75 Å². The van der Waals surface area contributed by atoms with Crippen LogP contribution < -0.4 is 10.1 Å². The summed E-state index contributed by atoms with van der Waals surface area (Å²) in [5.41, 5.74) is 0.402. The SMILES string of the molecule is COc1cc([N+](=O)[O-])cc2sc(NC(=O)CCSc3ccc(Cl)cc3)nc12. The van der Waals surface area contributed by atoms with Crippen molar-refractivity contribution in [3.63, 3.8) is 0 Å². The minimum absolute atomic E-state index is 0.0831. The molecule has 0 spiro atoms. The van der Waals surface area contributed by atoms with Gasteiger partial charge < -0.3 is 10.1 Å². The smallest absolute Gasteiger partial charge is 0.274 e. The lowest BCUT2D eigenvalue weighted by Crippen LogP contribution is -2.11. The summed E-state index contributed by atoms with van der Waals surface area (Å²) in [4.78, 5) is 28.0. The summed E-state index contributed by atoms with van der Waals surface area (Å²) in [6.45, 7) is 0. The minimum atomic E-state index is -0.492. The molecule has 1 amide bonds. The lowest BCUT2D eigenvalue weighted by Gasteiger charge is -2.02. The highest BCUT2D eigenvalue weighted by Gasteiger charge is 2.17. The fourth-order valence-corrected chi connectivity index (χ4v) is 4.18. The first kappa shape index (κ1) is 19.4. The predicted octanol–water partition coefficient (Wildman–Crippen LogP) is 4.99. The highest BCUT2D eigenvalue weighted by atomic mass is 35.5. The van der Waals surface area contributed by atoms with Gasteiger partial charge in [-0.05, 0) is 24.3 Å². The first-order valence-electron chi connectivity index (χ1n) is 7.77. The summed E-state index contributed by atoms with van der Waals surface area (Å²) < 4.78 is 5.75. The number of halogens is 1. The van der Waals surface area contributed by atoms with Gasteiger partial charge in [0.05, 0.1) is 22.8 Å². The van der Waals surface area contributed by atoms with Gasteiger partial charge >= 0.3 is 0 Å². The molecule has 1 N–H and O–H groups in total. The van der Waals surface area contributed by atoms with Gasteiger partial charge in [0.1, 0.15) is 5.52 Å². The van der Waals surface area contributed by atoms with Crippen molar-refractivity contribution < 1.29 is 14.5 Å². The molecule has 7 nitrogen and oxygen atoms in total. The van der Waals surface area contributed by atoms with Gasteiger partial charge in [-0.1, -0.05) is 22.9 Å². The Hall–Kier alpha value is -2.36. The molecule has 0 fully saturated rings. The van der Waals surface area contributed by atoms with Crippen LogP contribution in [-0.4, -0.2) is 28.7 Å². The van der Waals surface area contributed by atoms with E-state index in [0.29, 0.717) is 38.3 Å². The van der Waals surface area contributed by atoms with E-state index in [1.165, 1.54) is 30.6 Å². The van der Waals surface area contributed by atoms with Crippen molar-refractivity contribution in [1.82, 2.24) is 4.98 Å². The van der Waals surface area contributed by atoms with Crippen LogP contribution in [0.1, 0.15) is 6.42 Å². The third-order valence-corrected chi connectivity index (χ3v) is 5.72. The Kier molecular flexibility index (Phi) is 6.15. The number of carbonyl (C=O) groups is 1. The number of non-ortho nitro benzene ring substituents is 1. The van der Waals surface area contributed by atoms with Crippen LogP contribution >= 0.6 is 34.7 Å². The number of aromatic nitrogens is 1. The van der Waals surface area contributed by atoms with Crippen molar-refractivity contribution >= 4 is 61.6 Å². The van der Waals surface area contributed by atoms with E-state index in [0.717, 1.165) is 4.90 Å². The Labute approximate surface area is 167 Å². The van der Waals surface area contributed by atoms with Crippen molar-refractivity contribution in [2.75, 3.05) is 18.2 Å². The van der Waals surface area contributed by atoms with Gasteiger partial charge in [0.25, 0.3) is 5.69 Å². The molecular weight excluding hydrogens is 410 g/mol. The third kappa shape index (κ3) is 4.88. The van der Waals surface area contributed by atoms with Gasteiger partial charge in [0, 0.05) is 28.2 Å². The van der Waals surface area contributed by atoms with Crippen LogP contribution in [0.3, 0.4) is 0 Å². The number of anilines is 1. The van der Waals surface area contributed by atoms with Crippen molar-refractivity contribution in [2.24, 2.45) is 0 Å². The van der Waals surface area contributed by atoms with Gasteiger partial charge in [-0.3, -0.25) is 14.9 Å². The molecule has 10 heteroatoms. The Balaban J connectivity index is 1.64. The van der Waals surface area contributed by atoms with Gasteiger partial charge in [-0.2, -0.15) is 0 Å². The molecule has 0 aliphatic rings. The molecule has 1 aromatic heterocycles.